The normalized spacial score (nSPS) is 10.3. The quantitative estimate of drug-likeness (QED) is 0.799. The molecule has 1 aromatic rings. The number of rotatable bonds is 5. The topological polar surface area (TPSA) is 32.7 Å². The molecule has 1 aromatic carbocycles. The van der Waals surface area contributed by atoms with E-state index in [1.165, 1.54) is 6.07 Å². The van der Waals surface area contributed by atoms with E-state index in [2.05, 4.69) is 11.8 Å². The van der Waals surface area contributed by atoms with E-state index in [1.54, 1.807) is 19.2 Å². The summed E-state index contributed by atoms with van der Waals surface area (Å²) in [5.41, 5.74) is 1.20. The van der Waals surface area contributed by atoms with Crippen LogP contribution in [0.5, 0.6) is 0 Å². The van der Waals surface area contributed by atoms with E-state index in [9.17, 15) is 4.39 Å². The first kappa shape index (κ1) is 14.7. The van der Waals surface area contributed by atoms with Crippen LogP contribution in [0.2, 0.25) is 0 Å². The third-order valence-electron chi connectivity index (χ3n) is 2.48. The van der Waals surface area contributed by atoms with Gasteiger partial charge < -0.3 is 9.84 Å². The summed E-state index contributed by atoms with van der Waals surface area (Å²) in [6, 6.07) is 4.87. The molecule has 0 saturated carbocycles. The van der Waals surface area contributed by atoms with Crippen LogP contribution in [0.1, 0.15) is 11.1 Å². The van der Waals surface area contributed by atoms with Crippen molar-refractivity contribution in [1.82, 2.24) is 4.90 Å². The Morgan fingerprint density at radius 3 is 2.83 bits per heavy atom. The molecule has 0 bridgehead atoms. The molecule has 0 aliphatic heterocycles. The van der Waals surface area contributed by atoms with Crippen LogP contribution in [0, 0.1) is 17.7 Å². The second-order valence-corrected chi connectivity index (χ2v) is 4.00. The molecule has 3 nitrogen and oxygen atoms in total. The fraction of sp³-hybridized carbons (Fsp3) is 0.429. The van der Waals surface area contributed by atoms with Gasteiger partial charge in [-0.3, -0.25) is 4.90 Å². The molecule has 0 aromatic heterocycles. The minimum absolute atomic E-state index is 0.219. The molecule has 0 aliphatic rings. The van der Waals surface area contributed by atoms with Gasteiger partial charge >= 0.3 is 0 Å². The van der Waals surface area contributed by atoms with Crippen molar-refractivity contribution in [2.75, 3.05) is 33.9 Å². The number of aliphatic hydroxyl groups excluding tert-OH is 1. The fourth-order valence-electron chi connectivity index (χ4n) is 1.51. The summed E-state index contributed by atoms with van der Waals surface area (Å²) in [5.74, 6) is 4.89. The SMILES string of the molecule is COCCN(C)Cc1ccc(C#CCO)cc1F. The van der Waals surface area contributed by atoms with Gasteiger partial charge in [-0.05, 0) is 19.2 Å². The number of hydrogen-bond donors (Lipinski definition) is 1. The summed E-state index contributed by atoms with van der Waals surface area (Å²) in [6.07, 6.45) is 0. The fourth-order valence-corrected chi connectivity index (χ4v) is 1.51. The van der Waals surface area contributed by atoms with Gasteiger partial charge in [0.15, 0.2) is 0 Å². The first-order chi connectivity index (χ1) is 8.67. The van der Waals surface area contributed by atoms with Gasteiger partial charge in [0.2, 0.25) is 0 Å². The molecule has 98 valence electrons. The van der Waals surface area contributed by atoms with Gasteiger partial charge in [-0.2, -0.15) is 0 Å². The highest BCUT2D eigenvalue weighted by molar-refractivity contribution is 5.37. The van der Waals surface area contributed by atoms with Crippen molar-refractivity contribution in [2.45, 2.75) is 6.54 Å². The van der Waals surface area contributed by atoms with Crippen molar-refractivity contribution in [3.05, 3.63) is 35.1 Å². The second kappa shape index (κ2) is 7.83. The van der Waals surface area contributed by atoms with Gasteiger partial charge in [0, 0.05) is 31.3 Å². The maximum atomic E-state index is 13.8. The molecule has 18 heavy (non-hydrogen) atoms. The summed E-state index contributed by atoms with van der Waals surface area (Å²) in [5, 5.41) is 8.57. The highest BCUT2D eigenvalue weighted by Gasteiger charge is 2.06. The predicted molar refractivity (Wildman–Crippen MR) is 68.6 cm³/mol. The Hall–Kier alpha value is -1.41. The number of ether oxygens (including phenoxy) is 1. The molecule has 0 radical (unpaired) electrons. The van der Waals surface area contributed by atoms with Crippen molar-refractivity contribution in [3.8, 4) is 11.8 Å². The highest BCUT2D eigenvalue weighted by atomic mass is 19.1. The molecule has 1 N–H and O–H groups in total. The van der Waals surface area contributed by atoms with Crippen molar-refractivity contribution >= 4 is 0 Å². The Labute approximate surface area is 107 Å². The molecule has 0 amide bonds. The van der Waals surface area contributed by atoms with E-state index in [4.69, 9.17) is 9.84 Å². The number of likely N-dealkylation sites (N-methyl/N-ethyl adjacent to an activating group) is 1. The Balaban J connectivity index is 2.67. The number of halogens is 1. The van der Waals surface area contributed by atoms with Crippen molar-refractivity contribution in [3.63, 3.8) is 0 Å². The molecule has 0 unspecified atom stereocenters. The Morgan fingerprint density at radius 1 is 1.44 bits per heavy atom. The summed E-state index contributed by atoms with van der Waals surface area (Å²) in [7, 11) is 3.56. The largest absolute Gasteiger partial charge is 0.384 e. The van der Waals surface area contributed by atoms with E-state index in [1.807, 2.05) is 11.9 Å². The minimum atomic E-state index is -0.274. The zero-order chi connectivity index (χ0) is 13.4. The lowest BCUT2D eigenvalue weighted by atomic mass is 10.1. The molecule has 0 atom stereocenters. The zero-order valence-electron chi connectivity index (χ0n) is 10.7. The summed E-state index contributed by atoms with van der Waals surface area (Å²) < 4.78 is 18.7. The smallest absolute Gasteiger partial charge is 0.128 e. The van der Waals surface area contributed by atoms with Crippen LogP contribution in [-0.2, 0) is 11.3 Å². The van der Waals surface area contributed by atoms with E-state index >= 15 is 0 Å². The molecule has 0 fully saturated rings. The van der Waals surface area contributed by atoms with E-state index in [-0.39, 0.29) is 12.4 Å². The second-order valence-electron chi connectivity index (χ2n) is 4.00. The van der Waals surface area contributed by atoms with Crippen LogP contribution in [0.15, 0.2) is 18.2 Å². The van der Waals surface area contributed by atoms with E-state index < -0.39 is 0 Å². The predicted octanol–water partition coefficient (Wildman–Crippen LogP) is 1.25. The highest BCUT2D eigenvalue weighted by Crippen LogP contribution is 2.11. The lowest BCUT2D eigenvalue weighted by Crippen LogP contribution is -2.22. The van der Waals surface area contributed by atoms with Gasteiger partial charge in [0.25, 0.3) is 0 Å². The molecule has 0 spiro atoms. The van der Waals surface area contributed by atoms with Crippen LogP contribution < -0.4 is 0 Å². The number of methoxy groups -OCH3 is 1. The summed E-state index contributed by atoms with van der Waals surface area (Å²) in [4.78, 5) is 1.99. The Kier molecular flexibility index (Phi) is 6.37. The lowest BCUT2D eigenvalue weighted by molar-refractivity contribution is 0.158. The summed E-state index contributed by atoms with van der Waals surface area (Å²) >= 11 is 0. The number of aliphatic hydroxyl groups is 1. The first-order valence-electron chi connectivity index (χ1n) is 5.73. The van der Waals surface area contributed by atoms with E-state index in [0.717, 1.165) is 6.54 Å². The van der Waals surface area contributed by atoms with Crippen molar-refractivity contribution in [2.24, 2.45) is 0 Å². The lowest BCUT2D eigenvalue weighted by Gasteiger charge is -2.16. The number of hydrogen-bond acceptors (Lipinski definition) is 3. The molecular formula is C14H18FNO2. The Bertz CT molecular complexity index is 437. The van der Waals surface area contributed by atoms with E-state index in [0.29, 0.717) is 24.3 Å². The van der Waals surface area contributed by atoms with Crippen LogP contribution in [0.3, 0.4) is 0 Å². The molecule has 1 rings (SSSR count). The maximum absolute atomic E-state index is 13.8. The van der Waals surface area contributed by atoms with Crippen LogP contribution in [0.25, 0.3) is 0 Å². The van der Waals surface area contributed by atoms with Gasteiger partial charge in [-0.25, -0.2) is 4.39 Å². The standard InChI is InChI=1S/C14H18FNO2/c1-16(7-9-18-2)11-13-6-5-12(4-3-8-17)10-14(13)15/h5-6,10,17H,7-9,11H2,1-2H3. The Morgan fingerprint density at radius 2 is 2.22 bits per heavy atom. The van der Waals surface area contributed by atoms with Gasteiger partial charge in [0.05, 0.1) is 6.61 Å². The zero-order valence-corrected chi connectivity index (χ0v) is 10.7. The minimum Gasteiger partial charge on any atom is -0.384 e. The summed E-state index contributed by atoms with van der Waals surface area (Å²) in [6.45, 7) is 1.69. The molecule has 0 saturated heterocycles. The van der Waals surface area contributed by atoms with Crippen molar-refractivity contribution in [1.29, 1.82) is 0 Å². The third kappa shape index (κ3) is 4.84. The first-order valence-corrected chi connectivity index (χ1v) is 5.73. The van der Waals surface area contributed by atoms with Gasteiger partial charge in [0.1, 0.15) is 12.4 Å². The monoisotopic (exact) mass is 251 g/mol. The molecule has 0 heterocycles. The van der Waals surface area contributed by atoms with Crippen LogP contribution in [0.4, 0.5) is 4.39 Å². The number of benzene rings is 1. The molecule has 4 heteroatoms. The van der Waals surface area contributed by atoms with Crippen LogP contribution in [-0.4, -0.2) is 43.9 Å². The average molecular weight is 251 g/mol. The van der Waals surface area contributed by atoms with Gasteiger partial charge in [-0.15, -0.1) is 0 Å². The number of nitrogens with zero attached hydrogens (tertiary/aromatic N) is 1. The third-order valence-corrected chi connectivity index (χ3v) is 2.48. The molecule has 0 aliphatic carbocycles. The van der Waals surface area contributed by atoms with Gasteiger partial charge in [-0.1, -0.05) is 17.9 Å². The maximum Gasteiger partial charge on any atom is 0.128 e. The van der Waals surface area contributed by atoms with Crippen molar-refractivity contribution < 1.29 is 14.2 Å². The average Bonchev–Trinajstić information content (AvgIpc) is 2.36. The molecular weight excluding hydrogens is 233 g/mol. The van der Waals surface area contributed by atoms with Crippen LogP contribution >= 0.6 is 0 Å².